The molecule has 2 rings (SSSR count). The Bertz CT molecular complexity index is 737. The van der Waals surface area contributed by atoms with Gasteiger partial charge in [0.2, 0.25) is 0 Å². The van der Waals surface area contributed by atoms with Crippen LogP contribution in [0.1, 0.15) is 30.9 Å². The number of nitrogens with zero attached hydrogens (tertiary/aromatic N) is 1. The smallest absolute Gasteiger partial charge is 0.277 e. The number of hydrogen-bond acceptors (Lipinski definition) is 4. The van der Waals surface area contributed by atoms with E-state index in [0.717, 1.165) is 17.7 Å². The number of unbranched alkanes of at least 4 members (excludes halogenated alkanes) is 1. The number of aryl methyl sites for hydroxylation is 1. The lowest BCUT2D eigenvalue weighted by Crippen LogP contribution is -2.24. The Morgan fingerprint density at radius 3 is 2.41 bits per heavy atom. The average molecular weight is 366 g/mol. The summed E-state index contributed by atoms with van der Waals surface area (Å²) in [5, 5.41) is 3.93. The number of rotatable bonds is 11. The number of ether oxygens (including phenoxy) is 2. The third-order valence-electron chi connectivity index (χ3n) is 3.76. The summed E-state index contributed by atoms with van der Waals surface area (Å²) in [6.45, 7) is 6.16. The van der Waals surface area contributed by atoms with Crippen molar-refractivity contribution >= 4 is 12.1 Å². The number of hydrogen-bond donors (Lipinski definition) is 1. The fourth-order valence-electron chi connectivity index (χ4n) is 2.30. The number of nitrogens with one attached hydrogen (secondary N) is 1. The summed E-state index contributed by atoms with van der Waals surface area (Å²) in [7, 11) is 0. The molecule has 5 nitrogen and oxygen atoms in total. The third kappa shape index (κ3) is 7.77. The highest BCUT2D eigenvalue weighted by atomic mass is 16.5. The van der Waals surface area contributed by atoms with Crippen molar-refractivity contribution in [3.05, 3.63) is 72.3 Å². The van der Waals surface area contributed by atoms with Crippen LogP contribution < -0.4 is 14.9 Å². The standard InChI is InChI=1S/C22H26N2O3/c1-3-5-6-18-7-11-21(12-8-18)27-17-22(25)24-23-16-19-9-13-20(14-10-19)26-15-4-2/h4,7-14,16H,2-3,5-6,15,17H2,1H3,(H,24,25)/b23-16+. The summed E-state index contributed by atoms with van der Waals surface area (Å²) >= 11 is 0. The second-order valence-corrected chi connectivity index (χ2v) is 6.00. The predicted octanol–water partition coefficient (Wildman–Crippen LogP) is 4.12. The van der Waals surface area contributed by atoms with Crippen molar-refractivity contribution in [1.82, 2.24) is 5.43 Å². The topological polar surface area (TPSA) is 59.9 Å². The molecular weight excluding hydrogens is 340 g/mol. The Labute approximate surface area is 160 Å². The van der Waals surface area contributed by atoms with Crippen LogP contribution in [-0.2, 0) is 11.2 Å². The first kappa shape index (κ1) is 20.2. The monoisotopic (exact) mass is 366 g/mol. The lowest BCUT2D eigenvalue weighted by Gasteiger charge is -2.06. The van der Waals surface area contributed by atoms with Crippen molar-refractivity contribution in [1.29, 1.82) is 0 Å². The van der Waals surface area contributed by atoms with Crippen LogP contribution in [-0.4, -0.2) is 25.3 Å². The molecule has 0 aliphatic rings. The minimum atomic E-state index is -0.313. The van der Waals surface area contributed by atoms with Crippen molar-refractivity contribution in [3.63, 3.8) is 0 Å². The summed E-state index contributed by atoms with van der Waals surface area (Å²) in [4.78, 5) is 11.8. The summed E-state index contributed by atoms with van der Waals surface area (Å²) in [6.07, 6.45) is 6.66. The van der Waals surface area contributed by atoms with Crippen LogP contribution in [0.2, 0.25) is 0 Å². The van der Waals surface area contributed by atoms with Crippen LogP contribution in [0.15, 0.2) is 66.3 Å². The zero-order valence-electron chi connectivity index (χ0n) is 15.7. The molecule has 2 aromatic rings. The van der Waals surface area contributed by atoms with Gasteiger partial charge in [0.15, 0.2) is 6.61 Å². The molecule has 0 aliphatic heterocycles. The highest BCUT2D eigenvalue weighted by molar-refractivity contribution is 5.83. The third-order valence-corrected chi connectivity index (χ3v) is 3.76. The van der Waals surface area contributed by atoms with Gasteiger partial charge >= 0.3 is 0 Å². The molecule has 1 N–H and O–H groups in total. The van der Waals surface area contributed by atoms with Gasteiger partial charge in [-0.3, -0.25) is 4.79 Å². The van der Waals surface area contributed by atoms with Crippen LogP contribution in [0.3, 0.4) is 0 Å². The van der Waals surface area contributed by atoms with Gasteiger partial charge < -0.3 is 9.47 Å². The van der Waals surface area contributed by atoms with E-state index in [-0.39, 0.29) is 12.5 Å². The molecule has 142 valence electrons. The maximum atomic E-state index is 11.8. The highest BCUT2D eigenvalue weighted by Gasteiger charge is 2.02. The molecule has 0 heterocycles. The van der Waals surface area contributed by atoms with Crippen LogP contribution in [0, 0.1) is 0 Å². The lowest BCUT2D eigenvalue weighted by atomic mass is 10.1. The van der Waals surface area contributed by atoms with Gasteiger partial charge in [-0.15, -0.1) is 0 Å². The molecule has 5 heteroatoms. The van der Waals surface area contributed by atoms with Gasteiger partial charge in [-0.25, -0.2) is 5.43 Å². The van der Waals surface area contributed by atoms with E-state index in [1.807, 2.05) is 48.5 Å². The Morgan fingerprint density at radius 1 is 1.07 bits per heavy atom. The molecule has 0 saturated carbocycles. The van der Waals surface area contributed by atoms with Crippen LogP contribution in [0.4, 0.5) is 0 Å². The fourth-order valence-corrected chi connectivity index (χ4v) is 2.30. The number of benzene rings is 2. The molecule has 27 heavy (non-hydrogen) atoms. The van der Waals surface area contributed by atoms with Crippen LogP contribution in [0.5, 0.6) is 11.5 Å². The number of hydrazone groups is 1. The lowest BCUT2D eigenvalue weighted by molar-refractivity contribution is -0.123. The number of carbonyl (C=O) groups is 1. The van der Waals surface area contributed by atoms with E-state index in [1.165, 1.54) is 18.4 Å². The molecule has 0 radical (unpaired) electrons. The van der Waals surface area contributed by atoms with Crippen LogP contribution >= 0.6 is 0 Å². The molecule has 0 atom stereocenters. The molecule has 0 unspecified atom stereocenters. The van der Waals surface area contributed by atoms with Gasteiger partial charge in [0, 0.05) is 0 Å². The van der Waals surface area contributed by atoms with E-state index in [1.54, 1.807) is 12.3 Å². The molecule has 0 saturated heterocycles. The zero-order chi connectivity index (χ0) is 19.3. The van der Waals surface area contributed by atoms with Gasteiger partial charge in [-0.2, -0.15) is 5.10 Å². The van der Waals surface area contributed by atoms with Gasteiger partial charge in [-0.1, -0.05) is 38.1 Å². The van der Waals surface area contributed by atoms with Crippen molar-refractivity contribution in [2.75, 3.05) is 13.2 Å². The SMILES string of the molecule is C=CCOc1ccc(/C=N/NC(=O)COc2ccc(CCCC)cc2)cc1. The van der Waals surface area contributed by atoms with E-state index >= 15 is 0 Å². The van der Waals surface area contributed by atoms with E-state index in [9.17, 15) is 4.79 Å². The van der Waals surface area contributed by atoms with Crippen molar-refractivity contribution in [2.24, 2.45) is 5.10 Å². The molecule has 0 bridgehead atoms. The maximum absolute atomic E-state index is 11.8. The van der Waals surface area contributed by atoms with Gasteiger partial charge in [0.25, 0.3) is 5.91 Å². The van der Waals surface area contributed by atoms with Crippen molar-refractivity contribution < 1.29 is 14.3 Å². The Morgan fingerprint density at radius 2 is 1.74 bits per heavy atom. The average Bonchev–Trinajstić information content (AvgIpc) is 2.71. The maximum Gasteiger partial charge on any atom is 0.277 e. The second-order valence-electron chi connectivity index (χ2n) is 6.00. The molecule has 2 aromatic carbocycles. The van der Waals surface area contributed by atoms with Crippen LogP contribution in [0.25, 0.3) is 0 Å². The molecule has 0 aromatic heterocycles. The first-order chi connectivity index (χ1) is 13.2. The van der Waals surface area contributed by atoms with Crippen molar-refractivity contribution in [2.45, 2.75) is 26.2 Å². The second kappa shape index (κ2) is 11.5. The molecule has 0 aliphatic carbocycles. The quantitative estimate of drug-likeness (QED) is 0.370. The van der Waals surface area contributed by atoms with Gasteiger partial charge in [0.05, 0.1) is 6.21 Å². The summed E-state index contributed by atoms with van der Waals surface area (Å²) in [6, 6.07) is 15.2. The Kier molecular flexibility index (Phi) is 8.63. The molecule has 1 amide bonds. The highest BCUT2D eigenvalue weighted by Crippen LogP contribution is 2.14. The molecule has 0 spiro atoms. The first-order valence-electron chi connectivity index (χ1n) is 9.08. The Hall–Kier alpha value is -3.08. The predicted molar refractivity (Wildman–Crippen MR) is 108 cm³/mol. The molecular formula is C22H26N2O3. The van der Waals surface area contributed by atoms with E-state index in [4.69, 9.17) is 9.47 Å². The van der Waals surface area contributed by atoms with Crippen molar-refractivity contribution in [3.8, 4) is 11.5 Å². The molecule has 0 fully saturated rings. The zero-order valence-corrected chi connectivity index (χ0v) is 15.7. The van der Waals surface area contributed by atoms with Gasteiger partial charge in [0.1, 0.15) is 18.1 Å². The van der Waals surface area contributed by atoms with E-state index in [2.05, 4.69) is 24.0 Å². The number of carbonyl (C=O) groups excluding carboxylic acids is 1. The Balaban J connectivity index is 1.72. The fraction of sp³-hybridized carbons (Fsp3) is 0.273. The minimum Gasteiger partial charge on any atom is -0.490 e. The first-order valence-corrected chi connectivity index (χ1v) is 9.08. The van der Waals surface area contributed by atoms with E-state index < -0.39 is 0 Å². The largest absolute Gasteiger partial charge is 0.490 e. The summed E-state index contributed by atoms with van der Waals surface area (Å²) in [5.41, 5.74) is 4.58. The number of amides is 1. The van der Waals surface area contributed by atoms with E-state index in [0.29, 0.717) is 12.4 Å². The minimum absolute atomic E-state index is 0.0834. The van der Waals surface area contributed by atoms with Gasteiger partial charge in [-0.05, 0) is 60.4 Å². The summed E-state index contributed by atoms with van der Waals surface area (Å²) in [5.74, 6) is 1.11. The summed E-state index contributed by atoms with van der Waals surface area (Å²) < 4.78 is 10.9. The normalized spacial score (nSPS) is 10.6.